The SMILES string of the molecule is CC(=O)OC(=O)CCOc1ccc([N+](=O)[O-])cc1. The van der Waals surface area contributed by atoms with Crippen LogP contribution in [0.3, 0.4) is 0 Å². The summed E-state index contributed by atoms with van der Waals surface area (Å²) in [5.41, 5.74) is -0.0432. The molecule has 0 N–H and O–H groups in total. The van der Waals surface area contributed by atoms with E-state index in [2.05, 4.69) is 4.74 Å². The highest BCUT2D eigenvalue weighted by Gasteiger charge is 2.07. The number of esters is 2. The van der Waals surface area contributed by atoms with Crippen molar-refractivity contribution >= 4 is 17.6 Å². The number of rotatable bonds is 5. The number of carbonyl (C=O) groups excluding carboxylic acids is 2. The van der Waals surface area contributed by atoms with Crippen LogP contribution in [0.1, 0.15) is 13.3 Å². The van der Waals surface area contributed by atoms with Crippen LogP contribution in [0, 0.1) is 10.1 Å². The Hall–Kier alpha value is -2.44. The molecular weight excluding hydrogens is 242 g/mol. The minimum Gasteiger partial charge on any atom is -0.493 e. The van der Waals surface area contributed by atoms with Crippen LogP contribution in [0.5, 0.6) is 5.75 Å². The van der Waals surface area contributed by atoms with Crippen LogP contribution in [0.4, 0.5) is 5.69 Å². The largest absolute Gasteiger partial charge is 0.493 e. The highest BCUT2D eigenvalue weighted by Crippen LogP contribution is 2.17. The molecule has 0 radical (unpaired) electrons. The van der Waals surface area contributed by atoms with E-state index >= 15 is 0 Å². The number of hydrogen-bond donors (Lipinski definition) is 0. The Morgan fingerprint density at radius 1 is 1.28 bits per heavy atom. The zero-order chi connectivity index (χ0) is 13.5. The number of nitrogens with zero attached hydrogens (tertiary/aromatic N) is 1. The van der Waals surface area contributed by atoms with Gasteiger partial charge >= 0.3 is 11.9 Å². The van der Waals surface area contributed by atoms with Gasteiger partial charge in [0.2, 0.25) is 0 Å². The molecule has 0 saturated carbocycles. The molecule has 7 nitrogen and oxygen atoms in total. The average molecular weight is 253 g/mol. The number of benzene rings is 1. The smallest absolute Gasteiger partial charge is 0.316 e. The molecule has 0 atom stereocenters. The zero-order valence-electron chi connectivity index (χ0n) is 9.62. The van der Waals surface area contributed by atoms with Crippen molar-refractivity contribution < 1.29 is 24.0 Å². The third-order valence-electron chi connectivity index (χ3n) is 1.88. The van der Waals surface area contributed by atoms with E-state index in [1.165, 1.54) is 24.3 Å². The number of hydrogen-bond acceptors (Lipinski definition) is 6. The quantitative estimate of drug-likeness (QED) is 0.341. The summed E-state index contributed by atoms with van der Waals surface area (Å²) in [6, 6.07) is 5.44. The van der Waals surface area contributed by atoms with Gasteiger partial charge in [0.1, 0.15) is 5.75 Å². The normalized spacial score (nSPS) is 9.61. The van der Waals surface area contributed by atoms with Gasteiger partial charge < -0.3 is 9.47 Å². The first-order valence-corrected chi connectivity index (χ1v) is 5.07. The lowest BCUT2D eigenvalue weighted by atomic mass is 10.3. The van der Waals surface area contributed by atoms with Crippen molar-refractivity contribution in [2.24, 2.45) is 0 Å². The van der Waals surface area contributed by atoms with Gasteiger partial charge in [0.15, 0.2) is 0 Å². The van der Waals surface area contributed by atoms with Crippen molar-refractivity contribution in [1.82, 2.24) is 0 Å². The summed E-state index contributed by atoms with van der Waals surface area (Å²) in [6.07, 6.45) is -0.0728. The topological polar surface area (TPSA) is 95.7 Å². The Balaban J connectivity index is 2.38. The van der Waals surface area contributed by atoms with Crippen molar-refractivity contribution in [3.63, 3.8) is 0 Å². The first kappa shape index (κ1) is 13.6. The summed E-state index contributed by atoms with van der Waals surface area (Å²) < 4.78 is 9.45. The molecule has 0 aliphatic heterocycles. The van der Waals surface area contributed by atoms with Gasteiger partial charge in [-0.15, -0.1) is 0 Å². The van der Waals surface area contributed by atoms with Gasteiger partial charge in [0.05, 0.1) is 18.0 Å². The van der Waals surface area contributed by atoms with Gasteiger partial charge in [0, 0.05) is 19.1 Å². The van der Waals surface area contributed by atoms with Crippen LogP contribution in [-0.2, 0) is 14.3 Å². The number of nitro benzene ring substituents is 1. The number of non-ortho nitro benzene ring substituents is 1. The first-order valence-electron chi connectivity index (χ1n) is 5.07. The molecule has 0 aliphatic carbocycles. The predicted octanol–water partition coefficient (Wildman–Crippen LogP) is 1.45. The molecule has 0 aromatic heterocycles. The summed E-state index contributed by atoms with van der Waals surface area (Å²) >= 11 is 0. The van der Waals surface area contributed by atoms with E-state index in [0.717, 1.165) is 6.92 Å². The van der Waals surface area contributed by atoms with E-state index in [9.17, 15) is 19.7 Å². The van der Waals surface area contributed by atoms with Gasteiger partial charge in [-0.3, -0.25) is 19.7 Å². The highest BCUT2D eigenvalue weighted by atomic mass is 16.6. The molecule has 0 heterocycles. The molecule has 0 saturated heterocycles. The van der Waals surface area contributed by atoms with E-state index in [4.69, 9.17) is 4.74 Å². The minimum atomic E-state index is -0.676. The second-order valence-electron chi connectivity index (χ2n) is 3.32. The number of ether oxygens (including phenoxy) is 2. The summed E-state index contributed by atoms with van der Waals surface area (Å²) in [4.78, 5) is 31.3. The third kappa shape index (κ3) is 4.60. The molecule has 0 unspecified atom stereocenters. The van der Waals surface area contributed by atoms with Crippen LogP contribution in [-0.4, -0.2) is 23.5 Å². The standard InChI is InChI=1S/C11H11NO6/c1-8(13)18-11(14)6-7-17-10-4-2-9(3-5-10)12(15)16/h2-5H,6-7H2,1H3. The second-order valence-corrected chi connectivity index (χ2v) is 3.32. The van der Waals surface area contributed by atoms with E-state index < -0.39 is 16.9 Å². The molecule has 0 fully saturated rings. The van der Waals surface area contributed by atoms with Crippen LogP contribution >= 0.6 is 0 Å². The van der Waals surface area contributed by atoms with Gasteiger partial charge in [0.25, 0.3) is 5.69 Å². The van der Waals surface area contributed by atoms with E-state index in [0.29, 0.717) is 5.75 Å². The fraction of sp³-hybridized carbons (Fsp3) is 0.273. The molecule has 1 aromatic carbocycles. The molecule has 1 rings (SSSR count). The monoisotopic (exact) mass is 253 g/mol. The van der Waals surface area contributed by atoms with Crippen molar-refractivity contribution in [2.45, 2.75) is 13.3 Å². The lowest BCUT2D eigenvalue weighted by Crippen LogP contribution is -2.12. The maximum atomic E-state index is 11.0. The second kappa shape index (κ2) is 6.33. The summed E-state index contributed by atoms with van der Waals surface area (Å²) in [6.45, 7) is 1.17. The van der Waals surface area contributed by atoms with E-state index in [1.807, 2.05) is 0 Å². The molecule has 18 heavy (non-hydrogen) atoms. The summed E-state index contributed by atoms with van der Waals surface area (Å²) in [5, 5.41) is 10.4. The van der Waals surface area contributed by atoms with Gasteiger partial charge in [-0.1, -0.05) is 0 Å². The Morgan fingerprint density at radius 3 is 2.39 bits per heavy atom. The van der Waals surface area contributed by atoms with Crippen LogP contribution in [0.15, 0.2) is 24.3 Å². The molecule has 0 amide bonds. The lowest BCUT2D eigenvalue weighted by molar-refractivity contribution is -0.384. The molecule has 0 bridgehead atoms. The fourth-order valence-electron chi connectivity index (χ4n) is 1.13. The van der Waals surface area contributed by atoms with E-state index in [1.54, 1.807) is 0 Å². The van der Waals surface area contributed by atoms with Crippen molar-refractivity contribution in [1.29, 1.82) is 0 Å². The highest BCUT2D eigenvalue weighted by molar-refractivity contribution is 5.84. The summed E-state index contributed by atoms with van der Waals surface area (Å²) in [5.74, 6) is -0.948. The Labute approximate surface area is 102 Å². The molecule has 0 spiro atoms. The van der Waals surface area contributed by atoms with Crippen molar-refractivity contribution in [3.8, 4) is 5.75 Å². The van der Waals surface area contributed by atoms with Gasteiger partial charge in [-0.2, -0.15) is 0 Å². The molecule has 1 aromatic rings. The first-order chi connectivity index (χ1) is 8.49. The molecular formula is C11H11NO6. The van der Waals surface area contributed by atoms with Crippen LogP contribution < -0.4 is 4.74 Å². The molecule has 7 heteroatoms. The number of carbonyl (C=O) groups is 2. The fourth-order valence-corrected chi connectivity index (χ4v) is 1.13. The Morgan fingerprint density at radius 2 is 1.89 bits per heavy atom. The summed E-state index contributed by atoms with van der Waals surface area (Å²) in [7, 11) is 0. The minimum absolute atomic E-state index is 0.0317. The van der Waals surface area contributed by atoms with Crippen molar-refractivity contribution in [2.75, 3.05) is 6.61 Å². The third-order valence-corrected chi connectivity index (χ3v) is 1.88. The van der Waals surface area contributed by atoms with Gasteiger partial charge in [-0.25, -0.2) is 0 Å². The number of nitro groups is 1. The van der Waals surface area contributed by atoms with Crippen molar-refractivity contribution in [3.05, 3.63) is 34.4 Å². The lowest BCUT2D eigenvalue weighted by Gasteiger charge is -2.04. The van der Waals surface area contributed by atoms with E-state index in [-0.39, 0.29) is 18.7 Å². The zero-order valence-corrected chi connectivity index (χ0v) is 9.62. The van der Waals surface area contributed by atoms with Gasteiger partial charge in [-0.05, 0) is 12.1 Å². The average Bonchev–Trinajstić information content (AvgIpc) is 2.28. The maximum Gasteiger partial charge on any atom is 0.316 e. The molecule has 96 valence electrons. The Kier molecular flexibility index (Phi) is 4.79. The maximum absolute atomic E-state index is 11.0. The Bertz CT molecular complexity index is 453. The van der Waals surface area contributed by atoms with Crippen LogP contribution in [0.2, 0.25) is 0 Å². The van der Waals surface area contributed by atoms with Crippen LogP contribution in [0.25, 0.3) is 0 Å². The molecule has 0 aliphatic rings. The predicted molar refractivity (Wildman–Crippen MR) is 60.0 cm³/mol.